The van der Waals surface area contributed by atoms with E-state index >= 15 is 4.39 Å². The first-order chi connectivity index (χ1) is 28.5. The van der Waals surface area contributed by atoms with E-state index in [1.54, 1.807) is 33.0 Å². The maximum atomic E-state index is 15.2. The number of ether oxygens (including phenoxy) is 1. The Morgan fingerprint density at radius 1 is 0.967 bits per heavy atom. The van der Waals surface area contributed by atoms with Crippen molar-refractivity contribution in [3.63, 3.8) is 0 Å². The molecule has 6 rings (SSSR count). The van der Waals surface area contributed by atoms with Crippen LogP contribution in [-0.2, 0) is 27.2 Å². The van der Waals surface area contributed by atoms with Crippen LogP contribution in [0.2, 0.25) is 0 Å². The molecule has 3 amide bonds. The third-order valence-corrected chi connectivity index (χ3v) is 11.3. The number of pyridine rings is 1. The number of fused-ring (bicyclic) bond motifs is 1. The van der Waals surface area contributed by atoms with E-state index in [1.165, 1.54) is 36.4 Å². The van der Waals surface area contributed by atoms with Gasteiger partial charge in [0.15, 0.2) is 0 Å². The van der Waals surface area contributed by atoms with Crippen molar-refractivity contribution in [3.8, 4) is 22.9 Å². The SMILES string of the molecule is CN(C)c1ccc(-c2ccc(CC(NC(=O)C(NC(=O)C3(C#N)CC3)C(C)(C)C)C(O)CC(Cc3ccccc3F)C(=O)NC3c4cc(F)ccc4OCC3O)cc2)cn1. The summed E-state index contributed by atoms with van der Waals surface area (Å²) >= 11 is 0. The Bertz CT molecular complexity index is 2220. The van der Waals surface area contributed by atoms with Gasteiger partial charge in [0.1, 0.15) is 47.4 Å². The van der Waals surface area contributed by atoms with E-state index in [0.717, 1.165) is 22.5 Å². The van der Waals surface area contributed by atoms with Gasteiger partial charge in [0.25, 0.3) is 0 Å². The molecular formula is C46H52F2N6O6. The van der Waals surface area contributed by atoms with Crippen molar-refractivity contribution >= 4 is 23.5 Å². The van der Waals surface area contributed by atoms with Crippen LogP contribution in [0.15, 0.2) is 85.1 Å². The van der Waals surface area contributed by atoms with Gasteiger partial charge < -0.3 is 35.8 Å². The molecule has 60 heavy (non-hydrogen) atoms. The number of nitrogens with zero attached hydrogens (tertiary/aromatic N) is 3. The Morgan fingerprint density at radius 3 is 2.28 bits per heavy atom. The molecule has 0 radical (unpaired) electrons. The number of anilines is 1. The lowest BCUT2D eigenvalue weighted by Crippen LogP contribution is -2.58. The van der Waals surface area contributed by atoms with E-state index in [9.17, 15) is 34.2 Å². The Balaban J connectivity index is 1.30. The van der Waals surface area contributed by atoms with Gasteiger partial charge in [0.2, 0.25) is 17.7 Å². The number of hydrogen-bond donors (Lipinski definition) is 5. The second kappa shape index (κ2) is 18.1. The van der Waals surface area contributed by atoms with Gasteiger partial charge in [-0.1, -0.05) is 63.2 Å². The summed E-state index contributed by atoms with van der Waals surface area (Å²) in [5.74, 6) is -2.96. The normalized spacial score (nSPS) is 18.6. The van der Waals surface area contributed by atoms with Crippen molar-refractivity contribution in [2.24, 2.45) is 16.7 Å². The largest absolute Gasteiger partial charge is 0.490 e. The number of amides is 3. The van der Waals surface area contributed by atoms with Crippen molar-refractivity contribution in [1.82, 2.24) is 20.9 Å². The first kappa shape index (κ1) is 43.7. The molecule has 1 aromatic heterocycles. The summed E-state index contributed by atoms with van der Waals surface area (Å²) < 4.78 is 35.1. The van der Waals surface area contributed by atoms with Crippen LogP contribution < -0.4 is 25.6 Å². The minimum atomic E-state index is -1.41. The number of carbonyl (C=O) groups excluding carboxylic acids is 3. The molecule has 0 saturated heterocycles. The van der Waals surface area contributed by atoms with Gasteiger partial charge in [-0.05, 0) is 90.6 Å². The highest BCUT2D eigenvalue weighted by Gasteiger charge is 2.52. The lowest BCUT2D eigenvalue weighted by molar-refractivity contribution is -0.134. The molecule has 12 nitrogen and oxygen atoms in total. The molecule has 0 bridgehead atoms. The number of benzene rings is 3. The van der Waals surface area contributed by atoms with Crippen LogP contribution >= 0.6 is 0 Å². The lowest BCUT2D eigenvalue weighted by atomic mass is 9.84. The average Bonchev–Trinajstić information content (AvgIpc) is 4.02. The zero-order valence-electron chi connectivity index (χ0n) is 34.4. The number of halogens is 2. The molecule has 0 spiro atoms. The highest BCUT2D eigenvalue weighted by molar-refractivity contribution is 5.93. The number of aromatic nitrogens is 1. The molecular weight excluding hydrogens is 771 g/mol. The Kier molecular flexibility index (Phi) is 13.2. The van der Waals surface area contributed by atoms with Gasteiger partial charge in [-0.15, -0.1) is 0 Å². The van der Waals surface area contributed by atoms with Crippen LogP contribution in [0.4, 0.5) is 14.6 Å². The summed E-state index contributed by atoms with van der Waals surface area (Å²) in [6, 6.07) is 20.0. The number of nitriles is 1. The second-order valence-electron chi connectivity index (χ2n) is 17.1. The van der Waals surface area contributed by atoms with E-state index in [2.05, 4.69) is 27.0 Å². The Hall–Kier alpha value is -5.91. The number of hydrogen-bond acceptors (Lipinski definition) is 9. The predicted octanol–water partition coefficient (Wildman–Crippen LogP) is 5.18. The minimum Gasteiger partial charge on any atom is -0.490 e. The number of aliphatic hydroxyl groups is 2. The predicted molar refractivity (Wildman–Crippen MR) is 221 cm³/mol. The molecule has 1 fully saturated rings. The fourth-order valence-electron chi connectivity index (χ4n) is 7.40. The molecule has 4 aromatic rings. The maximum Gasteiger partial charge on any atom is 0.243 e. The number of carbonyl (C=O) groups is 3. The smallest absolute Gasteiger partial charge is 0.243 e. The standard InChI is InChI=1S/C46H52F2N6O6/c1-45(2,3)41(53-44(59)46(26-49)18-19-46)43(58)51-35(20-27-10-12-28(13-11-27)30-14-17-39(50-24-30)54(4)5)36(55)22-31(21-29-8-6-7-9-34(29)48)42(57)52-40-33-23-32(47)15-16-38(33)60-25-37(40)56/h6-17,23-24,31,35-37,40-41,55-56H,18-22,25H2,1-5H3,(H,51,58)(H,52,57)(H,53,59). The minimum absolute atomic E-state index is 0.0946. The van der Waals surface area contributed by atoms with Crippen molar-refractivity contribution in [2.45, 2.75) is 83.2 Å². The summed E-state index contributed by atoms with van der Waals surface area (Å²) in [6.45, 7) is 5.15. The molecule has 1 saturated carbocycles. The van der Waals surface area contributed by atoms with Crippen LogP contribution in [0.1, 0.15) is 62.8 Å². The summed E-state index contributed by atoms with van der Waals surface area (Å²) in [6.07, 6.45) is -0.434. The van der Waals surface area contributed by atoms with Gasteiger partial charge in [0, 0.05) is 37.3 Å². The summed E-state index contributed by atoms with van der Waals surface area (Å²) in [7, 11) is 3.81. The second-order valence-corrected chi connectivity index (χ2v) is 17.1. The first-order valence-corrected chi connectivity index (χ1v) is 20.1. The van der Waals surface area contributed by atoms with Crippen LogP contribution in [0, 0.1) is 39.7 Å². The van der Waals surface area contributed by atoms with Crippen LogP contribution in [0.3, 0.4) is 0 Å². The van der Waals surface area contributed by atoms with Gasteiger partial charge in [-0.3, -0.25) is 14.4 Å². The summed E-state index contributed by atoms with van der Waals surface area (Å²) in [5.41, 5.74) is 0.931. The summed E-state index contributed by atoms with van der Waals surface area (Å²) in [4.78, 5) is 48.2. The van der Waals surface area contributed by atoms with Gasteiger partial charge >= 0.3 is 0 Å². The molecule has 6 unspecified atom stereocenters. The highest BCUT2D eigenvalue weighted by atomic mass is 19.1. The molecule has 1 aliphatic carbocycles. The van der Waals surface area contributed by atoms with Gasteiger partial charge in [-0.2, -0.15) is 5.26 Å². The highest BCUT2D eigenvalue weighted by Crippen LogP contribution is 2.45. The fraction of sp³-hybridized carbons (Fsp3) is 0.413. The zero-order valence-corrected chi connectivity index (χ0v) is 34.4. The fourth-order valence-corrected chi connectivity index (χ4v) is 7.40. The van der Waals surface area contributed by atoms with Crippen molar-refractivity contribution in [3.05, 3.63) is 113 Å². The van der Waals surface area contributed by atoms with Crippen molar-refractivity contribution in [2.75, 3.05) is 25.6 Å². The molecule has 14 heteroatoms. The Labute approximate surface area is 349 Å². The number of aliphatic hydroxyl groups excluding tert-OH is 2. The lowest BCUT2D eigenvalue weighted by Gasteiger charge is -2.35. The van der Waals surface area contributed by atoms with Gasteiger partial charge in [-0.25, -0.2) is 13.8 Å². The van der Waals surface area contributed by atoms with Crippen molar-refractivity contribution < 1.29 is 38.1 Å². The van der Waals surface area contributed by atoms with Crippen LogP contribution in [-0.4, -0.2) is 77.9 Å². The van der Waals surface area contributed by atoms with Crippen molar-refractivity contribution in [1.29, 1.82) is 5.26 Å². The number of rotatable bonds is 15. The van der Waals surface area contributed by atoms with Crippen LogP contribution in [0.5, 0.6) is 5.75 Å². The zero-order chi connectivity index (χ0) is 43.4. The topological polar surface area (TPSA) is 177 Å². The molecule has 6 atom stereocenters. The average molecular weight is 823 g/mol. The maximum absolute atomic E-state index is 15.2. The summed E-state index contributed by atoms with van der Waals surface area (Å²) in [5, 5.41) is 41.3. The van der Waals surface area contributed by atoms with E-state index in [0.29, 0.717) is 12.8 Å². The molecule has 316 valence electrons. The van der Waals surface area contributed by atoms with E-state index < -0.39 is 76.4 Å². The Morgan fingerprint density at radius 2 is 1.67 bits per heavy atom. The van der Waals surface area contributed by atoms with E-state index in [4.69, 9.17) is 4.74 Å². The van der Waals surface area contributed by atoms with E-state index in [-0.39, 0.29) is 42.7 Å². The van der Waals surface area contributed by atoms with Crippen LogP contribution in [0.25, 0.3) is 11.1 Å². The quantitative estimate of drug-likeness (QED) is 0.108. The number of nitrogens with one attached hydrogen (secondary N) is 3. The third-order valence-electron chi connectivity index (χ3n) is 11.3. The molecule has 1 aliphatic heterocycles. The third kappa shape index (κ3) is 10.3. The first-order valence-electron chi connectivity index (χ1n) is 20.1. The molecule has 5 N–H and O–H groups in total. The van der Waals surface area contributed by atoms with E-state index in [1.807, 2.05) is 55.4 Å². The van der Waals surface area contributed by atoms with Gasteiger partial charge in [0.05, 0.1) is 24.3 Å². The molecule has 3 aromatic carbocycles. The monoisotopic (exact) mass is 822 g/mol. The molecule has 2 aliphatic rings. The molecule has 2 heterocycles.